The van der Waals surface area contributed by atoms with Crippen LogP contribution in [-0.4, -0.2) is 6.54 Å². The lowest BCUT2D eigenvalue weighted by Crippen LogP contribution is -1.97. The molecule has 108 valence electrons. The van der Waals surface area contributed by atoms with Gasteiger partial charge in [-0.15, -0.1) is 0 Å². The molecule has 1 aromatic rings. The van der Waals surface area contributed by atoms with Crippen LogP contribution in [-0.2, 0) is 6.42 Å². The Balaban J connectivity index is 2.00. The highest BCUT2D eigenvalue weighted by Gasteiger charge is 1.99. The number of aryl methyl sites for hydroxylation is 1. The Labute approximate surface area is 127 Å². The third kappa shape index (κ3) is 7.81. The summed E-state index contributed by atoms with van der Waals surface area (Å²) >= 11 is 11.9. The van der Waals surface area contributed by atoms with Gasteiger partial charge in [-0.2, -0.15) is 0 Å². The number of unbranched alkanes of at least 4 members (excludes halogenated alkanes) is 7. The maximum Gasteiger partial charge on any atom is 0.0595 e. The van der Waals surface area contributed by atoms with E-state index in [1.165, 1.54) is 56.9 Å². The topological polar surface area (TPSA) is 26.0 Å². The van der Waals surface area contributed by atoms with E-state index in [1.807, 2.05) is 12.1 Å². The van der Waals surface area contributed by atoms with Gasteiger partial charge in [-0.1, -0.05) is 67.8 Å². The van der Waals surface area contributed by atoms with Crippen LogP contribution in [0.2, 0.25) is 10.0 Å². The number of rotatable bonds is 10. The first kappa shape index (κ1) is 16.8. The minimum absolute atomic E-state index is 0.642. The van der Waals surface area contributed by atoms with Gasteiger partial charge in [0, 0.05) is 0 Å². The van der Waals surface area contributed by atoms with Gasteiger partial charge in [-0.3, -0.25) is 0 Å². The van der Waals surface area contributed by atoms with Crippen molar-refractivity contribution in [2.75, 3.05) is 6.54 Å². The third-order valence-corrected chi connectivity index (χ3v) is 4.14. The lowest BCUT2D eigenvalue weighted by molar-refractivity contribution is 0.570. The van der Waals surface area contributed by atoms with Crippen molar-refractivity contribution in [1.29, 1.82) is 0 Å². The van der Waals surface area contributed by atoms with E-state index in [9.17, 15) is 0 Å². The highest BCUT2D eigenvalue weighted by atomic mass is 35.5. The predicted octanol–water partition coefficient (Wildman–Crippen LogP) is 5.62. The van der Waals surface area contributed by atoms with Gasteiger partial charge in [-0.05, 0) is 43.5 Å². The normalized spacial score (nSPS) is 10.9. The standard InChI is InChI=1S/C16H25Cl2N/c17-15-11-10-14(13-16(15)18)9-7-5-3-1-2-4-6-8-12-19/h10-11,13H,1-9,12,19H2. The van der Waals surface area contributed by atoms with Crippen LogP contribution in [0.15, 0.2) is 18.2 Å². The highest BCUT2D eigenvalue weighted by molar-refractivity contribution is 6.42. The Morgan fingerprint density at radius 1 is 0.737 bits per heavy atom. The number of benzene rings is 1. The molecule has 0 aliphatic carbocycles. The summed E-state index contributed by atoms with van der Waals surface area (Å²) in [4.78, 5) is 0. The molecule has 1 nitrogen and oxygen atoms in total. The molecule has 0 radical (unpaired) electrons. The molecule has 1 rings (SSSR count). The van der Waals surface area contributed by atoms with E-state index < -0.39 is 0 Å². The summed E-state index contributed by atoms with van der Waals surface area (Å²) in [5.41, 5.74) is 6.76. The maximum absolute atomic E-state index is 6.00. The molecule has 0 saturated carbocycles. The Morgan fingerprint density at radius 2 is 1.32 bits per heavy atom. The summed E-state index contributed by atoms with van der Waals surface area (Å²) < 4.78 is 0. The summed E-state index contributed by atoms with van der Waals surface area (Å²) in [6, 6.07) is 5.94. The van der Waals surface area contributed by atoms with E-state index in [1.54, 1.807) is 0 Å². The van der Waals surface area contributed by atoms with Crippen molar-refractivity contribution in [3.8, 4) is 0 Å². The van der Waals surface area contributed by atoms with Crippen LogP contribution in [0.3, 0.4) is 0 Å². The van der Waals surface area contributed by atoms with Gasteiger partial charge in [0.15, 0.2) is 0 Å². The highest BCUT2D eigenvalue weighted by Crippen LogP contribution is 2.23. The van der Waals surface area contributed by atoms with Crippen LogP contribution in [0.25, 0.3) is 0 Å². The van der Waals surface area contributed by atoms with Crippen LogP contribution in [0.1, 0.15) is 56.9 Å². The zero-order chi connectivity index (χ0) is 13.9. The SMILES string of the molecule is NCCCCCCCCCCc1ccc(Cl)c(Cl)c1. The molecule has 2 N–H and O–H groups in total. The fourth-order valence-electron chi connectivity index (χ4n) is 2.23. The fraction of sp³-hybridized carbons (Fsp3) is 0.625. The lowest BCUT2D eigenvalue weighted by Gasteiger charge is -2.04. The van der Waals surface area contributed by atoms with Crippen molar-refractivity contribution in [2.45, 2.75) is 57.8 Å². The Morgan fingerprint density at radius 3 is 1.89 bits per heavy atom. The van der Waals surface area contributed by atoms with E-state index in [2.05, 4.69) is 6.07 Å². The second-order valence-electron chi connectivity index (χ2n) is 5.12. The molecule has 0 spiro atoms. The summed E-state index contributed by atoms with van der Waals surface area (Å²) in [5, 5.41) is 1.31. The van der Waals surface area contributed by atoms with E-state index >= 15 is 0 Å². The second-order valence-corrected chi connectivity index (χ2v) is 5.93. The van der Waals surface area contributed by atoms with Gasteiger partial charge >= 0.3 is 0 Å². The molecule has 19 heavy (non-hydrogen) atoms. The molecule has 1 aromatic carbocycles. The van der Waals surface area contributed by atoms with Gasteiger partial charge in [0.05, 0.1) is 10.0 Å². The van der Waals surface area contributed by atoms with Crippen molar-refractivity contribution in [3.63, 3.8) is 0 Å². The predicted molar refractivity (Wildman–Crippen MR) is 86.2 cm³/mol. The molecule has 3 heteroatoms. The first-order chi connectivity index (χ1) is 9.24. The first-order valence-electron chi connectivity index (χ1n) is 7.38. The molecular formula is C16H25Cl2N. The van der Waals surface area contributed by atoms with E-state index in [0.29, 0.717) is 10.0 Å². The molecule has 0 unspecified atom stereocenters. The number of halogens is 2. The zero-order valence-electron chi connectivity index (χ0n) is 11.6. The van der Waals surface area contributed by atoms with Gasteiger partial charge < -0.3 is 5.73 Å². The van der Waals surface area contributed by atoms with Crippen molar-refractivity contribution in [2.24, 2.45) is 5.73 Å². The van der Waals surface area contributed by atoms with Crippen molar-refractivity contribution < 1.29 is 0 Å². The van der Waals surface area contributed by atoms with E-state index in [-0.39, 0.29) is 0 Å². The lowest BCUT2D eigenvalue weighted by atomic mass is 10.0. The summed E-state index contributed by atoms with van der Waals surface area (Å²) in [7, 11) is 0. The molecule has 0 aliphatic rings. The Bertz CT molecular complexity index is 353. The second kappa shape index (κ2) is 10.5. The molecule has 0 fully saturated rings. The monoisotopic (exact) mass is 301 g/mol. The fourth-order valence-corrected chi connectivity index (χ4v) is 2.55. The van der Waals surface area contributed by atoms with Gasteiger partial charge in [0.2, 0.25) is 0 Å². The maximum atomic E-state index is 6.00. The Hall–Kier alpha value is -0.240. The van der Waals surface area contributed by atoms with Crippen molar-refractivity contribution in [1.82, 2.24) is 0 Å². The van der Waals surface area contributed by atoms with Crippen molar-refractivity contribution >= 4 is 23.2 Å². The first-order valence-corrected chi connectivity index (χ1v) is 8.13. The average molecular weight is 302 g/mol. The van der Waals surface area contributed by atoms with Crippen molar-refractivity contribution in [3.05, 3.63) is 33.8 Å². The number of nitrogens with two attached hydrogens (primary N) is 1. The third-order valence-electron chi connectivity index (χ3n) is 3.40. The van der Waals surface area contributed by atoms with Crippen LogP contribution >= 0.6 is 23.2 Å². The molecule has 0 saturated heterocycles. The minimum Gasteiger partial charge on any atom is -0.330 e. The van der Waals surface area contributed by atoms with Crippen LogP contribution < -0.4 is 5.73 Å². The van der Waals surface area contributed by atoms with Gasteiger partial charge in [-0.25, -0.2) is 0 Å². The van der Waals surface area contributed by atoms with E-state index in [0.717, 1.165) is 13.0 Å². The number of hydrogen-bond donors (Lipinski definition) is 1. The quantitative estimate of drug-likeness (QED) is 0.558. The molecule has 0 heterocycles. The summed E-state index contributed by atoms with van der Waals surface area (Å²) in [6.45, 7) is 0.837. The smallest absolute Gasteiger partial charge is 0.0595 e. The molecule has 0 bridgehead atoms. The Kier molecular flexibility index (Phi) is 9.32. The summed E-state index contributed by atoms with van der Waals surface area (Å²) in [6.07, 6.45) is 11.5. The van der Waals surface area contributed by atoms with Gasteiger partial charge in [0.25, 0.3) is 0 Å². The van der Waals surface area contributed by atoms with Crippen LogP contribution in [0, 0.1) is 0 Å². The zero-order valence-corrected chi connectivity index (χ0v) is 13.1. The summed E-state index contributed by atoms with van der Waals surface area (Å²) in [5.74, 6) is 0. The average Bonchev–Trinajstić information content (AvgIpc) is 2.41. The molecule has 0 atom stereocenters. The van der Waals surface area contributed by atoms with E-state index in [4.69, 9.17) is 28.9 Å². The molecule has 0 amide bonds. The minimum atomic E-state index is 0.642. The molecule has 0 aliphatic heterocycles. The number of hydrogen-bond acceptors (Lipinski definition) is 1. The molecular weight excluding hydrogens is 277 g/mol. The molecule has 0 aromatic heterocycles. The van der Waals surface area contributed by atoms with Crippen LogP contribution in [0.5, 0.6) is 0 Å². The van der Waals surface area contributed by atoms with Crippen LogP contribution in [0.4, 0.5) is 0 Å². The largest absolute Gasteiger partial charge is 0.330 e. The van der Waals surface area contributed by atoms with Gasteiger partial charge in [0.1, 0.15) is 0 Å².